The summed E-state index contributed by atoms with van der Waals surface area (Å²) in [6.07, 6.45) is 1.77. The van der Waals surface area contributed by atoms with Gasteiger partial charge in [0, 0.05) is 36.6 Å². The minimum absolute atomic E-state index is 0.117. The topological polar surface area (TPSA) is 85.1 Å². The highest BCUT2D eigenvalue weighted by molar-refractivity contribution is 7.99. The molecule has 0 aliphatic carbocycles. The number of nitrogens with zero attached hydrogens (tertiary/aromatic N) is 5. The number of anilines is 2. The molecular formula is C26H28N6O2S. The number of benzene rings is 2. The number of hydrogen-bond donors (Lipinski definition) is 1. The number of nitrogens with one attached hydrogen (secondary N) is 1. The molecule has 1 amide bonds. The van der Waals surface area contributed by atoms with Crippen LogP contribution in [0.4, 0.5) is 11.4 Å². The van der Waals surface area contributed by atoms with Gasteiger partial charge in [0.05, 0.1) is 17.9 Å². The van der Waals surface area contributed by atoms with E-state index >= 15 is 0 Å². The predicted octanol–water partition coefficient (Wildman–Crippen LogP) is 4.41. The van der Waals surface area contributed by atoms with E-state index in [4.69, 9.17) is 4.98 Å². The lowest BCUT2D eigenvalue weighted by molar-refractivity contribution is -0.116. The lowest BCUT2D eigenvalue weighted by Crippen LogP contribution is -2.28. The number of amides is 1. The molecule has 1 unspecified atom stereocenters. The Bertz CT molecular complexity index is 1440. The van der Waals surface area contributed by atoms with Gasteiger partial charge in [-0.3, -0.25) is 14.2 Å². The van der Waals surface area contributed by atoms with Crippen LogP contribution in [0.1, 0.15) is 31.9 Å². The normalized spacial score (nSPS) is 14.8. The van der Waals surface area contributed by atoms with Crippen LogP contribution in [0, 0.1) is 6.92 Å². The van der Waals surface area contributed by atoms with Crippen LogP contribution < -0.4 is 15.8 Å². The molecule has 1 atom stereocenters. The lowest BCUT2D eigenvalue weighted by atomic mass is 10.1. The molecule has 5 rings (SSSR count). The maximum absolute atomic E-state index is 13.3. The van der Waals surface area contributed by atoms with Crippen LogP contribution in [0.5, 0.6) is 0 Å². The number of para-hydroxylation sites is 1. The van der Waals surface area contributed by atoms with Crippen molar-refractivity contribution in [2.45, 2.75) is 38.4 Å². The molecule has 0 bridgehead atoms. The van der Waals surface area contributed by atoms with Gasteiger partial charge in [0.25, 0.3) is 5.56 Å². The van der Waals surface area contributed by atoms with E-state index < -0.39 is 0 Å². The largest absolute Gasteiger partial charge is 0.372 e. The minimum atomic E-state index is -0.255. The van der Waals surface area contributed by atoms with Gasteiger partial charge in [-0.1, -0.05) is 30.0 Å². The van der Waals surface area contributed by atoms with Gasteiger partial charge in [0.1, 0.15) is 5.39 Å². The summed E-state index contributed by atoms with van der Waals surface area (Å²) < 4.78 is 3.34. The molecule has 180 valence electrons. The smallest absolute Gasteiger partial charge is 0.265 e. The summed E-state index contributed by atoms with van der Waals surface area (Å²) in [5.74, 6) is 0.509. The second-order valence-electron chi connectivity index (χ2n) is 8.59. The van der Waals surface area contributed by atoms with Gasteiger partial charge in [0.15, 0.2) is 10.8 Å². The van der Waals surface area contributed by atoms with E-state index in [9.17, 15) is 9.59 Å². The summed E-state index contributed by atoms with van der Waals surface area (Å²) in [5.41, 5.74) is 4.17. The monoisotopic (exact) mass is 488 g/mol. The lowest BCUT2D eigenvalue weighted by Gasteiger charge is -2.22. The van der Waals surface area contributed by atoms with Gasteiger partial charge in [-0.2, -0.15) is 5.10 Å². The molecule has 0 saturated carbocycles. The average molecular weight is 489 g/mol. The Morgan fingerprint density at radius 1 is 1.17 bits per heavy atom. The first-order chi connectivity index (χ1) is 17.0. The number of hydrogen-bond acceptors (Lipinski definition) is 6. The summed E-state index contributed by atoms with van der Waals surface area (Å²) >= 11 is 1.50. The van der Waals surface area contributed by atoms with Crippen molar-refractivity contribution in [3.63, 3.8) is 0 Å². The third-order valence-corrected chi connectivity index (χ3v) is 7.50. The first kappa shape index (κ1) is 23.2. The molecular weight excluding hydrogens is 460 g/mol. The Hall–Kier alpha value is -3.59. The SMILES string of the molecule is CCN(CC)c1ccc(NC(=O)CC2CSc3nc4c(cnn4-c4ccccc4)c(=O)n32)c(C)c1. The van der Waals surface area contributed by atoms with Gasteiger partial charge in [0.2, 0.25) is 5.91 Å². The van der Waals surface area contributed by atoms with Crippen molar-refractivity contribution in [3.8, 4) is 5.69 Å². The van der Waals surface area contributed by atoms with E-state index in [1.807, 2.05) is 49.4 Å². The van der Waals surface area contributed by atoms with E-state index in [2.05, 4.69) is 35.2 Å². The molecule has 2 aromatic heterocycles. The molecule has 0 radical (unpaired) electrons. The van der Waals surface area contributed by atoms with Crippen LogP contribution >= 0.6 is 11.8 Å². The molecule has 1 aliphatic rings. The van der Waals surface area contributed by atoms with E-state index in [1.165, 1.54) is 11.8 Å². The van der Waals surface area contributed by atoms with Gasteiger partial charge in [-0.05, 0) is 56.7 Å². The predicted molar refractivity (Wildman–Crippen MR) is 141 cm³/mol. The van der Waals surface area contributed by atoms with E-state index in [-0.39, 0.29) is 23.9 Å². The van der Waals surface area contributed by atoms with Crippen LogP contribution in [0.15, 0.2) is 64.7 Å². The van der Waals surface area contributed by atoms with E-state index in [0.717, 1.165) is 35.7 Å². The standard InChI is InChI=1S/C26H28N6O2S/c1-4-30(5-2)19-11-12-22(17(3)13-19)28-23(33)14-20-16-35-26-29-24-21(25(34)31(20)26)15-27-32(24)18-9-7-6-8-10-18/h6-13,15,20H,4-5,14,16H2,1-3H3,(H,28,33). The Morgan fingerprint density at radius 3 is 2.66 bits per heavy atom. The van der Waals surface area contributed by atoms with Gasteiger partial charge in [-0.15, -0.1) is 0 Å². The van der Waals surface area contributed by atoms with Crippen molar-refractivity contribution in [2.24, 2.45) is 0 Å². The third-order valence-electron chi connectivity index (χ3n) is 6.41. The van der Waals surface area contributed by atoms with Gasteiger partial charge < -0.3 is 10.2 Å². The van der Waals surface area contributed by atoms with Crippen molar-refractivity contribution in [1.82, 2.24) is 19.3 Å². The van der Waals surface area contributed by atoms with Crippen molar-refractivity contribution in [1.29, 1.82) is 0 Å². The molecule has 9 heteroatoms. The van der Waals surface area contributed by atoms with Gasteiger partial charge >= 0.3 is 0 Å². The minimum Gasteiger partial charge on any atom is -0.372 e. The molecule has 8 nitrogen and oxygen atoms in total. The highest BCUT2D eigenvalue weighted by atomic mass is 32.2. The average Bonchev–Trinajstić information content (AvgIpc) is 3.47. The summed E-state index contributed by atoms with van der Waals surface area (Å²) in [6.45, 7) is 8.12. The van der Waals surface area contributed by atoms with Crippen LogP contribution in [0.3, 0.4) is 0 Å². The van der Waals surface area contributed by atoms with Crippen LogP contribution in [-0.4, -0.2) is 44.1 Å². The maximum Gasteiger partial charge on any atom is 0.265 e. The molecule has 3 heterocycles. The zero-order chi connectivity index (χ0) is 24.5. The number of carbonyl (C=O) groups is 1. The van der Waals surface area contributed by atoms with Gasteiger partial charge in [-0.25, -0.2) is 9.67 Å². The van der Waals surface area contributed by atoms with Crippen LogP contribution in [-0.2, 0) is 4.79 Å². The second kappa shape index (κ2) is 9.58. The van der Waals surface area contributed by atoms with Crippen LogP contribution in [0.2, 0.25) is 0 Å². The fourth-order valence-corrected chi connectivity index (χ4v) is 5.66. The van der Waals surface area contributed by atoms with Crippen molar-refractivity contribution >= 4 is 40.1 Å². The van der Waals surface area contributed by atoms with E-state index in [1.54, 1.807) is 15.4 Å². The van der Waals surface area contributed by atoms with Crippen LogP contribution in [0.25, 0.3) is 16.7 Å². The summed E-state index contributed by atoms with van der Waals surface area (Å²) in [6, 6.07) is 15.5. The number of aryl methyl sites for hydroxylation is 1. The molecule has 0 spiro atoms. The number of thioether (sulfide) groups is 1. The third kappa shape index (κ3) is 4.32. The summed E-state index contributed by atoms with van der Waals surface area (Å²) in [7, 11) is 0. The zero-order valence-corrected chi connectivity index (χ0v) is 20.9. The second-order valence-corrected chi connectivity index (χ2v) is 9.57. The first-order valence-corrected chi connectivity index (χ1v) is 12.8. The van der Waals surface area contributed by atoms with Crippen molar-refractivity contribution < 1.29 is 4.79 Å². The van der Waals surface area contributed by atoms with Crippen molar-refractivity contribution in [3.05, 3.63) is 70.6 Å². The molecule has 4 aromatic rings. The fourth-order valence-electron chi connectivity index (χ4n) is 4.53. The first-order valence-electron chi connectivity index (χ1n) is 11.8. The number of fused-ring (bicyclic) bond motifs is 2. The summed E-state index contributed by atoms with van der Waals surface area (Å²) in [4.78, 5) is 33.3. The summed E-state index contributed by atoms with van der Waals surface area (Å²) in [5, 5.41) is 8.51. The Balaban J connectivity index is 1.36. The fraction of sp³-hybridized carbons (Fsp3) is 0.308. The molecule has 35 heavy (non-hydrogen) atoms. The molecule has 0 fully saturated rings. The molecule has 1 aliphatic heterocycles. The van der Waals surface area contributed by atoms with E-state index in [0.29, 0.717) is 21.9 Å². The zero-order valence-electron chi connectivity index (χ0n) is 20.1. The Kier molecular flexibility index (Phi) is 6.34. The Labute approximate surface area is 208 Å². The van der Waals surface area contributed by atoms with Crippen molar-refractivity contribution in [2.75, 3.05) is 29.1 Å². The number of aromatic nitrogens is 4. The molecule has 2 aromatic carbocycles. The highest BCUT2D eigenvalue weighted by Gasteiger charge is 2.29. The maximum atomic E-state index is 13.3. The quantitative estimate of drug-likeness (QED) is 0.388. The highest BCUT2D eigenvalue weighted by Crippen LogP contribution is 2.34. The molecule has 1 N–H and O–H groups in total. The number of carbonyl (C=O) groups excluding carboxylic acids is 1. The molecule has 0 saturated heterocycles. The number of rotatable bonds is 7. The Morgan fingerprint density at radius 2 is 1.94 bits per heavy atom.